The van der Waals surface area contributed by atoms with Crippen molar-refractivity contribution >= 4 is 18.2 Å². The molecule has 0 fully saturated rings. The van der Waals surface area contributed by atoms with Crippen LogP contribution in [0.3, 0.4) is 0 Å². The van der Waals surface area contributed by atoms with E-state index >= 15 is 0 Å². The van der Waals surface area contributed by atoms with Crippen LogP contribution in [0, 0.1) is 23.7 Å². The van der Waals surface area contributed by atoms with Gasteiger partial charge in [0.15, 0.2) is 13.2 Å². The lowest BCUT2D eigenvalue weighted by molar-refractivity contribution is 0.0696. The van der Waals surface area contributed by atoms with E-state index in [1.165, 1.54) is 12.1 Å². The Kier molecular flexibility index (Phi) is 11.8. The van der Waals surface area contributed by atoms with Gasteiger partial charge in [-0.2, -0.15) is 0 Å². The van der Waals surface area contributed by atoms with Crippen LogP contribution in [0.15, 0.2) is 66.7 Å². The molecule has 0 spiro atoms. The van der Waals surface area contributed by atoms with Gasteiger partial charge in [0.1, 0.15) is 0 Å². The van der Waals surface area contributed by atoms with E-state index in [0.717, 1.165) is 22.3 Å². The molecule has 0 aliphatic rings. The van der Waals surface area contributed by atoms with Gasteiger partial charge in [-0.3, -0.25) is 0 Å². The first-order valence-electron chi connectivity index (χ1n) is 12.6. The molecular weight excluding hydrogens is 524 g/mol. The van der Waals surface area contributed by atoms with E-state index in [4.69, 9.17) is 20.9 Å². The summed E-state index contributed by atoms with van der Waals surface area (Å²) < 4.78 is 10.1. The van der Waals surface area contributed by atoms with Crippen LogP contribution in [0.2, 0.25) is 0 Å². The summed E-state index contributed by atoms with van der Waals surface area (Å²) in [5.74, 6) is 9.76. The highest BCUT2D eigenvalue weighted by molar-refractivity contribution is 5.88. The molecule has 2 amide bonds. The van der Waals surface area contributed by atoms with Crippen molar-refractivity contribution < 1.29 is 29.0 Å². The van der Waals surface area contributed by atoms with Gasteiger partial charge in [0, 0.05) is 37.3 Å². The number of benzene rings is 3. The van der Waals surface area contributed by atoms with Crippen molar-refractivity contribution in [2.45, 2.75) is 26.2 Å². The second-order valence-electron chi connectivity index (χ2n) is 8.61. The minimum absolute atomic E-state index is 0.0141. The number of hydrogen-bond donors (Lipinski definition) is 5. The van der Waals surface area contributed by atoms with Gasteiger partial charge in [0.05, 0.1) is 5.56 Å². The molecule has 10 heteroatoms. The highest BCUT2D eigenvalue weighted by Gasteiger charge is 2.06. The van der Waals surface area contributed by atoms with E-state index in [1.807, 2.05) is 48.5 Å². The molecule has 0 heterocycles. The van der Waals surface area contributed by atoms with Crippen molar-refractivity contribution in [1.82, 2.24) is 10.6 Å². The zero-order valence-electron chi connectivity index (χ0n) is 22.2. The van der Waals surface area contributed by atoms with Crippen LogP contribution in [-0.2, 0) is 35.7 Å². The SMILES string of the molecule is NCc1ccc(CNC(=O)OCC#Cc2cc(C#CCOC(=O)NCc3ccc(CN)cc3)cc(C(=O)O)c2)cc1. The number of nitrogens with two attached hydrogens (primary N) is 2. The predicted octanol–water partition coefficient (Wildman–Crippen LogP) is 2.86. The van der Waals surface area contributed by atoms with E-state index in [-0.39, 0.29) is 31.9 Å². The molecule has 0 unspecified atom stereocenters. The van der Waals surface area contributed by atoms with Crippen molar-refractivity contribution in [3.8, 4) is 23.7 Å². The largest absolute Gasteiger partial charge is 0.478 e. The molecule has 0 radical (unpaired) electrons. The second kappa shape index (κ2) is 16.0. The number of carbonyl (C=O) groups is 3. The number of nitrogens with one attached hydrogen (secondary N) is 2. The molecule has 0 saturated carbocycles. The Bertz CT molecular complexity index is 1380. The third-order valence-electron chi connectivity index (χ3n) is 5.59. The molecule has 7 N–H and O–H groups in total. The molecule has 3 aromatic rings. The smallest absolute Gasteiger partial charge is 0.408 e. The third kappa shape index (κ3) is 10.8. The van der Waals surface area contributed by atoms with Crippen LogP contribution < -0.4 is 22.1 Å². The fraction of sp³-hybridized carbons (Fsp3) is 0.194. The Morgan fingerprint density at radius 3 is 1.41 bits per heavy atom. The van der Waals surface area contributed by atoms with Crippen molar-refractivity contribution in [1.29, 1.82) is 0 Å². The van der Waals surface area contributed by atoms with E-state index in [9.17, 15) is 19.5 Å². The van der Waals surface area contributed by atoms with Gasteiger partial charge in [-0.1, -0.05) is 72.2 Å². The number of aromatic carboxylic acids is 1. The standard InChI is InChI=1S/C31H30N4O6/c32-18-22-5-9-24(10-6-22)20-34-30(38)40-13-1-3-26-15-27(17-28(16-26)29(36)37)4-2-14-41-31(39)35-21-25-11-7-23(19-33)8-12-25/h5-12,15-17H,13-14,18-21,32-33H2,(H,34,38)(H,35,39)(H,36,37). The molecule has 0 aliphatic carbocycles. The van der Waals surface area contributed by atoms with Crippen LogP contribution in [0.1, 0.15) is 43.7 Å². The molecule has 0 atom stereocenters. The molecule has 0 saturated heterocycles. The molecular formula is C31H30N4O6. The van der Waals surface area contributed by atoms with E-state index in [1.54, 1.807) is 6.07 Å². The maximum atomic E-state index is 11.9. The van der Waals surface area contributed by atoms with Gasteiger partial charge in [0.25, 0.3) is 0 Å². The second-order valence-corrected chi connectivity index (χ2v) is 8.61. The predicted molar refractivity (Wildman–Crippen MR) is 152 cm³/mol. The van der Waals surface area contributed by atoms with Crippen LogP contribution >= 0.6 is 0 Å². The number of ether oxygens (including phenoxy) is 2. The van der Waals surface area contributed by atoms with Gasteiger partial charge in [0.2, 0.25) is 0 Å². The Labute approximate surface area is 238 Å². The quantitative estimate of drug-likeness (QED) is 0.252. The van der Waals surface area contributed by atoms with Crippen LogP contribution in [0.5, 0.6) is 0 Å². The molecule has 3 rings (SSSR count). The number of amides is 2. The lowest BCUT2D eigenvalue weighted by atomic mass is 10.1. The normalized spacial score (nSPS) is 9.80. The Hall–Kier alpha value is -5.29. The van der Waals surface area contributed by atoms with Crippen LogP contribution in [0.4, 0.5) is 9.59 Å². The minimum Gasteiger partial charge on any atom is -0.478 e. The average Bonchev–Trinajstić information content (AvgIpc) is 2.99. The maximum absolute atomic E-state index is 11.9. The van der Waals surface area contributed by atoms with Gasteiger partial charge >= 0.3 is 18.2 Å². The molecule has 0 aromatic heterocycles. The lowest BCUT2D eigenvalue weighted by Gasteiger charge is -2.05. The molecule has 3 aromatic carbocycles. The number of carboxylic acid groups (broad SMARTS) is 1. The topological polar surface area (TPSA) is 166 Å². The average molecular weight is 555 g/mol. The Balaban J connectivity index is 1.48. The number of carboxylic acids is 1. The molecule has 41 heavy (non-hydrogen) atoms. The van der Waals surface area contributed by atoms with Crippen molar-refractivity contribution in [2.75, 3.05) is 13.2 Å². The van der Waals surface area contributed by atoms with Crippen LogP contribution in [-0.4, -0.2) is 36.5 Å². The monoisotopic (exact) mass is 554 g/mol. The van der Waals surface area contributed by atoms with E-state index in [2.05, 4.69) is 34.3 Å². The highest BCUT2D eigenvalue weighted by Crippen LogP contribution is 2.10. The first kappa shape index (κ1) is 30.3. The number of hydrogen-bond acceptors (Lipinski definition) is 7. The third-order valence-corrected chi connectivity index (χ3v) is 5.59. The fourth-order valence-electron chi connectivity index (χ4n) is 3.41. The van der Waals surface area contributed by atoms with E-state index < -0.39 is 18.2 Å². The summed E-state index contributed by atoms with van der Waals surface area (Å²) in [7, 11) is 0. The van der Waals surface area contributed by atoms with Crippen molar-refractivity contribution in [3.05, 3.63) is 106 Å². The van der Waals surface area contributed by atoms with Gasteiger partial charge in [-0.25, -0.2) is 14.4 Å². The minimum atomic E-state index is -1.15. The van der Waals surface area contributed by atoms with Crippen molar-refractivity contribution in [2.24, 2.45) is 11.5 Å². The molecule has 0 aliphatic heterocycles. The molecule has 0 bridgehead atoms. The van der Waals surface area contributed by atoms with Gasteiger partial charge < -0.3 is 36.7 Å². The number of alkyl carbamates (subject to hydrolysis) is 2. The first-order chi connectivity index (χ1) is 19.9. The summed E-state index contributed by atoms with van der Waals surface area (Å²) in [5.41, 5.74) is 15.6. The zero-order chi connectivity index (χ0) is 29.5. The summed E-state index contributed by atoms with van der Waals surface area (Å²) in [4.78, 5) is 35.4. The first-order valence-corrected chi connectivity index (χ1v) is 12.6. The molecule has 210 valence electrons. The Morgan fingerprint density at radius 1 is 0.659 bits per heavy atom. The van der Waals surface area contributed by atoms with Gasteiger partial charge in [-0.15, -0.1) is 0 Å². The highest BCUT2D eigenvalue weighted by atomic mass is 16.6. The maximum Gasteiger partial charge on any atom is 0.408 e. The summed E-state index contributed by atoms with van der Waals surface area (Å²) in [6.07, 6.45) is -1.27. The number of rotatable bonds is 9. The lowest BCUT2D eigenvalue weighted by Crippen LogP contribution is -2.23. The summed E-state index contributed by atoms with van der Waals surface area (Å²) in [6, 6.07) is 19.3. The molecule has 10 nitrogen and oxygen atoms in total. The van der Waals surface area contributed by atoms with Gasteiger partial charge in [-0.05, 0) is 40.5 Å². The fourth-order valence-corrected chi connectivity index (χ4v) is 3.41. The summed E-state index contributed by atoms with van der Waals surface area (Å²) in [5, 5.41) is 14.7. The van der Waals surface area contributed by atoms with E-state index in [0.29, 0.717) is 24.2 Å². The van der Waals surface area contributed by atoms with Crippen LogP contribution in [0.25, 0.3) is 0 Å². The van der Waals surface area contributed by atoms with Crippen molar-refractivity contribution in [3.63, 3.8) is 0 Å². The number of carbonyl (C=O) groups excluding carboxylic acids is 2. The summed E-state index contributed by atoms with van der Waals surface area (Å²) in [6.45, 7) is 1.06. The summed E-state index contributed by atoms with van der Waals surface area (Å²) >= 11 is 0. The zero-order valence-corrected chi connectivity index (χ0v) is 22.2. The Morgan fingerprint density at radius 2 is 1.05 bits per heavy atom.